The number of pyridine rings is 1. The summed E-state index contributed by atoms with van der Waals surface area (Å²) in [5.74, 6) is 0. The highest BCUT2D eigenvalue weighted by Gasteiger charge is 2.34. The van der Waals surface area contributed by atoms with E-state index >= 15 is 0 Å². The fourth-order valence-corrected chi connectivity index (χ4v) is 5.16. The standard InChI is InChI=1S/C24H26F3N3O2/c25-24(26,27)19-13-7-12-17-20(19)28-14-18-21(17)32-23(29-15-8-3-1-4-9-15)30(22(18)31)16-10-5-2-6-11-16/h7,12-16H,1-6,8-11H2. The Morgan fingerprint density at radius 1 is 0.969 bits per heavy atom. The minimum Gasteiger partial charge on any atom is -0.424 e. The van der Waals surface area contributed by atoms with Gasteiger partial charge in [0.25, 0.3) is 5.56 Å². The lowest BCUT2D eigenvalue weighted by Crippen LogP contribution is -2.38. The predicted octanol–water partition coefficient (Wildman–Crippen LogP) is 5.90. The normalized spacial score (nSPS) is 19.8. The third-order valence-electron chi connectivity index (χ3n) is 6.81. The van der Waals surface area contributed by atoms with E-state index in [4.69, 9.17) is 9.41 Å². The first-order valence-corrected chi connectivity index (χ1v) is 11.5. The Labute approximate surface area is 183 Å². The van der Waals surface area contributed by atoms with Gasteiger partial charge in [-0.05, 0) is 37.8 Å². The van der Waals surface area contributed by atoms with Crippen molar-refractivity contribution in [3.63, 3.8) is 0 Å². The number of para-hydroxylation sites is 1. The number of alkyl halides is 3. The average molecular weight is 445 g/mol. The van der Waals surface area contributed by atoms with Crippen molar-refractivity contribution in [2.75, 3.05) is 0 Å². The lowest BCUT2D eigenvalue weighted by Gasteiger charge is -2.24. The van der Waals surface area contributed by atoms with Crippen molar-refractivity contribution < 1.29 is 17.6 Å². The Kier molecular flexibility index (Phi) is 5.55. The predicted molar refractivity (Wildman–Crippen MR) is 115 cm³/mol. The van der Waals surface area contributed by atoms with E-state index in [1.54, 1.807) is 4.57 Å². The molecule has 0 spiro atoms. The third kappa shape index (κ3) is 3.84. The van der Waals surface area contributed by atoms with Crippen LogP contribution in [0.4, 0.5) is 13.2 Å². The van der Waals surface area contributed by atoms with E-state index in [9.17, 15) is 18.0 Å². The second-order valence-electron chi connectivity index (χ2n) is 8.97. The van der Waals surface area contributed by atoms with Gasteiger partial charge in [0, 0.05) is 17.6 Å². The van der Waals surface area contributed by atoms with Gasteiger partial charge in [-0.25, -0.2) is 4.99 Å². The largest absolute Gasteiger partial charge is 0.424 e. The van der Waals surface area contributed by atoms with Crippen molar-refractivity contribution in [2.45, 2.75) is 82.5 Å². The van der Waals surface area contributed by atoms with Crippen LogP contribution in [0.2, 0.25) is 0 Å². The molecule has 2 saturated carbocycles. The van der Waals surface area contributed by atoms with Crippen LogP contribution in [0, 0.1) is 0 Å². The van der Waals surface area contributed by atoms with Crippen molar-refractivity contribution in [3.8, 4) is 0 Å². The van der Waals surface area contributed by atoms with Crippen LogP contribution in [0.3, 0.4) is 0 Å². The van der Waals surface area contributed by atoms with Crippen LogP contribution >= 0.6 is 0 Å². The third-order valence-corrected chi connectivity index (χ3v) is 6.81. The van der Waals surface area contributed by atoms with Crippen molar-refractivity contribution in [2.24, 2.45) is 4.99 Å². The van der Waals surface area contributed by atoms with E-state index < -0.39 is 11.7 Å². The van der Waals surface area contributed by atoms with Crippen LogP contribution in [0.5, 0.6) is 0 Å². The zero-order chi connectivity index (χ0) is 22.3. The van der Waals surface area contributed by atoms with Gasteiger partial charge < -0.3 is 4.42 Å². The molecule has 8 heteroatoms. The van der Waals surface area contributed by atoms with E-state index in [1.807, 2.05) is 0 Å². The lowest BCUT2D eigenvalue weighted by molar-refractivity contribution is -0.136. The van der Waals surface area contributed by atoms with Crippen molar-refractivity contribution in [3.05, 3.63) is 46.0 Å². The highest BCUT2D eigenvalue weighted by atomic mass is 19.4. The number of rotatable bonds is 2. The number of hydrogen-bond acceptors (Lipinski definition) is 4. The van der Waals surface area contributed by atoms with Gasteiger partial charge in [0.05, 0.1) is 17.1 Å². The molecule has 2 fully saturated rings. The molecule has 0 aliphatic heterocycles. The molecule has 0 amide bonds. The maximum absolute atomic E-state index is 13.6. The molecule has 0 N–H and O–H groups in total. The summed E-state index contributed by atoms with van der Waals surface area (Å²) >= 11 is 0. The van der Waals surface area contributed by atoms with Gasteiger partial charge >= 0.3 is 11.9 Å². The van der Waals surface area contributed by atoms with E-state index in [2.05, 4.69) is 4.98 Å². The molecule has 2 aliphatic rings. The first-order valence-electron chi connectivity index (χ1n) is 11.5. The summed E-state index contributed by atoms with van der Waals surface area (Å²) in [6.45, 7) is 0. The minimum atomic E-state index is -4.55. The van der Waals surface area contributed by atoms with Gasteiger partial charge in [-0.2, -0.15) is 13.2 Å². The van der Waals surface area contributed by atoms with Crippen LogP contribution in [-0.4, -0.2) is 15.6 Å². The number of fused-ring (bicyclic) bond motifs is 3. The zero-order valence-corrected chi connectivity index (χ0v) is 17.8. The number of nitrogens with zero attached hydrogens (tertiary/aromatic N) is 3. The minimum absolute atomic E-state index is 0.0102. The zero-order valence-electron chi connectivity index (χ0n) is 17.8. The van der Waals surface area contributed by atoms with E-state index in [1.165, 1.54) is 24.8 Å². The molecule has 2 aliphatic carbocycles. The SMILES string of the molecule is O=c1c2cnc3c(C(F)(F)F)cccc3c2oc(=NC2CCCCC2)n1C1CCCCC1. The molecule has 2 heterocycles. The van der Waals surface area contributed by atoms with Gasteiger partial charge in [-0.15, -0.1) is 0 Å². The average Bonchev–Trinajstić information content (AvgIpc) is 2.79. The van der Waals surface area contributed by atoms with Gasteiger partial charge in [-0.3, -0.25) is 14.3 Å². The molecule has 0 bridgehead atoms. The first-order chi connectivity index (χ1) is 15.4. The molecule has 1 aromatic carbocycles. The molecular formula is C24H26F3N3O2. The number of benzene rings is 1. The summed E-state index contributed by atoms with van der Waals surface area (Å²) in [7, 11) is 0. The summed E-state index contributed by atoms with van der Waals surface area (Å²) in [4.78, 5) is 22.5. The molecule has 0 saturated heterocycles. The summed E-state index contributed by atoms with van der Waals surface area (Å²) in [5, 5.41) is 0.385. The highest BCUT2D eigenvalue weighted by Crippen LogP contribution is 2.35. The Hall–Kier alpha value is -2.64. The summed E-state index contributed by atoms with van der Waals surface area (Å²) in [6, 6.07) is 3.91. The van der Waals surface area contributed by atoms with Crippen molar-refractivity contribution in [1.82, 2.24) is 9.55 Å². The second kappa shape index (κ2) is 8.37. The number of hydrogen-bond donors (Lipinski definition) is 0. The molecule has 0 unspecified atom stereocenters. The topological polar surface area (TPSA) is 60.4 Å². The molecule has 3 aromatic rings. The first kappa shape index (κ1) is 21.2. The van der Waals surface area contributed by atoms with Crippen LogP contribution in [0.1, 0.15) is 75.8 Å². The molecule has 2 aromatic heterocycles. The molecule has 170 valence electrons. The molecule has 32 heavy (non-hydrogen) atoms. The van der Waals surface area contributed by atoms with Gasteiger partial charge in [0.1, 0.15) is 5.39 Å². The fraction of sp³-hybridized carbons (Fsp3) is 0.542. The van der Waals surface area contributed by atoms with Gasteiger partial charge in [-0.1, -0.05) is 44.6 Å². The Bertz CT molecular complexity index is 1260. The quantitative estimate of drug-likeness (QED) is 0.462. The maximum atomic E-state index is 13.6. The van der Waals surface area contributed by atoms with Gasteiger partial charge in [0.2, 0.25) is 0 Å². The molecule has 0 atom stereocenters. The summed E-state index contributed by atoms with van der Waals surface area (Å²) in [6.07, 6.45) is 6.81. The summed E-state index contributed by atoms with van der Waals surface area (Å²) < 4.78 is 48.5. The van der Waals surface area contributed by atoms with Crippen LogP contribution in [0.15, 0.2) is 38.6 Å². The number of halogens is 3. The van der Waals surface area contributed by atoms with Crippen molar-refractivity contribution in [1.29, 1.82) is 0 Å². The van der Waals surface area contributed by atoms with Crippen LogP contribution in [-0.2, 0) is 6.18 Å². The van der Waals surface area contributed by atoms with Crippen LogP contribution < -0.4 is 11.2 Å². The smallest absolute Gasteiger partial charge is 0.418 e. The summed E-state index contributed by atoms with van der Waals surface area (Å²) in [5.41, 5.74) is -0.956. The molecule has 5 nitrogen and oxygen atoms in total. The van der Waals surface area contributed by atoms with E-state index in [0.29, 0.717) is 0 Å². The lowest BCUT2D eigenvalue weighted by atomic mass is 9.95. The second-order valence-corrected chi connectivity index (χ2v) is 8.97. The Morgan fingerprint density at radius 2 is 1.66 bits per heavy atom. The Morgan fingerprint density at radius 3 is 2.34 bits per heavy atom. The van der Waals surface area contributed by atoms with Crippen LogP contribution in [0.25, 0.3) is 21.9 Å². The highest BCUT2D eigenvalue weighted by molar-refractivity contribution is 6.02. The molecule has 0 radical (unpaired) electrons. The Balaban J connectivity index is 1.80. The maximum Gasteiger partial charge on any atom is 0.418 e. The number of aromatic nitrogens is 2. The van der Waals surface area contributed by atoms with Crippen molar-refractivity contribution >= 4 is 21.9 Å². The molecular weight excluding hydrogens is 419 g/mol. The van der Waals surface area contributed by atoms with E-state index in [0.717, 1.165) is 63.9 Å². The van der Waals surface area contributed by atoms with Gasteiger partial charge in [0.15, 0.2) is 5.58 Å². The fourth-order valence-electron chi connectivity index (χ4n) is 5.16. The molecule has 5 rings (SSSR count). The van der Waals surface area contributed by atoms with E-state index in [-0.39, 0.29) is 45.2 Å². The monoisotopic (exact) mass is 445 g/mol.